The van der Waals surface area contributed by atoms with Crippen molar-refractivity contribution in [2.45, 2.75) is 348 Å². The van der Waals surface area contributed by atoms with Crippen LogP contribution in [0.2, 0.25) is 0 Å². The average Bonchev–Trinajstić information content (AvgIpc) is 3.43. The molecule has 3 atom stereocenters. The van der Waals surface area contributed by atoms with Gasteiger partial charge in [0, 0.05) is 12.8 Å². The van der Waals surface area contributed by atoms with Gasteiger partial charge in [-0.15, -0.1) is 0 Å². The number of nitrogens with one attached hydrogen (secondary N) is 1. The molecular formula is C70H134N2O7P+. The Bertz CT molecular complexity index is 1510. The first-order valence-electron chi connectivity index (χ1n) is 34.5. The molecule has 80 heavy (non-hydrogen) atoms. The Morgan fingerprint density at radius 2 is 0.762 bits per heavy atom. The van der Waals surface area contributed by atoms with Gasteiger partial charge in [0.25, 0.3) is 0 Å². The molecule has 0 heterocycles. The number of phosphoric ester groups is 1. The highest BCUT2D eigenvalue weighted by Crippen LogP contribution is 2.43. The number of hydrogen-bond donors (Lipinski definition) is 2. The van der Waals surface area contributed by atoms with E-state index in [2.05, 4.69) is 62.5 Å². The fourth-order valence-electron chi connectivity index (χ4n) is 10.1. The molecule has 0 saturated heterocycles. The smallest absolute Gasteiger partial charge is 0.456 e. The summed E-state index contributed by atoms with van der Waals surface area (Å²) in [6, 6.07) is -0.849. The third-order valence-electron chi connectivity index (χ3n) is 15.5. The molecule has 9 nitrogen and oxygen atoms in total. The molecule has 0 bridgehead atoms. The van der Waals surface area contributed by atoms with E-state index >= 15 is 0 Å². The minimum atomic E-state index is -4.45. The van der Waals surface area contributed by atoms with Crippen LogP contribution in [-0.4, -0.2) is 74.3 Å². The van der Waals surface area contributed by atoms with Crippen molar-refractivity contribution in [1.82, 2.24) is 5.32 Å². The summed E-state index contributed by atoms with van der Waals surface area (Å²) in [5.74, 6) is -0.497. The van der Waals surface area contributed by atoms with E-state index in [4.69, 9.17) is 13.8 Å². The molecular weight excluding hydrogens is 1010 g/mol. The van der Waals surface area contributed by atoms with Crippen LogP contribution < -0.4 is 5.32 Å². The van der Waals surface area contributed by atoms with Gasteiger partial charge in [-0.25, -0.2) is 4.57 Å². The number of likely N-dealkylation sites (N-methyl/N-ethyl adjacent to an activating group) is 1. The van der Waals surface area contributed by atoms with Crippen molar-refractivity contribution in [3.63, 3.8) is 0 Å². The summed E-state index contributed by atoms with van der Waals surface area (Å²) in [4.78, 5) is 37.8. The fourth-order valence-corrected chi connectivity index (χ4v) is 10.9. The summed E-state index contributed by atoms with van der Waals surface area (Å²) in [5, 5.41) is 3.07. The van der Waals surface area contributed by atoms with Gasteiger partial charge < -0.3 is 19.4 Å². The summed E-state index contributed by atoms with van der Waals surface area (Å²) in [6.07, 6.45) is 75.4. The summed E-state index contributed by atoms with van der Waals surface area (Å²) in [6.45, 7) is 7.02. The highest BCUT2D eigenvalue weighted by Gasteiger charge is 2.30. The van der Waals surface area contributed by atoms with Gasteiger partial charge in [0.05, 0.1) is 33.8 Å². The zero-order valence-electron chi connectivity index (χ0n) is 53.8. The lowest BCUT2D eigenvalue weighted by molar-refractivity contribution is -0.870. The number of hydrogen-bond acceptors (Lipinski definition) is 6. The van der Waals surface area contributed by atoms with Crippen LogP contribution in [-0.2, 0) is 27.9 Å². The zero-order chi connectivity index (χ0) is 58.6. The molecule has 0 rings (SSSR count). The first-order valence-corrected chi connectivity index (χ1v) is 36.0. The summed E-state index contributed by atoms with van der Waals surface area (Å²) in [7, 11) is 1.50. The number of carbonyl (C=O) groups is 2. The first-order chi connectivity index (χ1) is 38.9. The lowest BCUT2D eigenvalue weighted by atomic mass is 10.0. The van der Waals surface area contributed by atoms with Gasteiger partial charge in [0.2, 0.25) is 5.91 Å². The molecule has 0 aromatic heterocycles. The number of amides is 1. The van der Waals surface area contributed by atoms with Gasteiger partial charge in [0.15, 0.2) is 0 Å². The van der Waals surface area contributed by atoms with Gasteiger partial charge in [-0.05, 0) is 89.5 Å². The van der Waals surface area contributed by atoms with Crippen LogP contribution in [0.15, 0.2) is 48.6 Å². The van der Waals surface area contributed by atoms with Crippen LogP contribution in [0.1, 0.15) is 335 Å². The minimum absolute atomic E-state index is 0.0406. The molecule has 10 heteroatoms. The van der Waals surface area contributed by atoms with Crippen LogP contribution in [0.4, 0.5) is 0 Å². The Kier molecular flexibility index (Phi) is 58.6. The van der Waals surface area contributed by atoms with Crippen molar-refractivity contribution in [3.05, 3.63) is 48.6 Å². The van der Waals surface area contributed by atoms with E-state index in [-0.39, 0.29) is 31.5 Å². The van der Waals surface area contributed by atoms with Gasteiger partial charge >= 0.3 is 13.8 Å². The van der Waals surface area contributed by atoms with Crippen molar-refractivity contribution < 1.29 is 37.3 Å². The zero-order valence-corrected chi connectivity index (χ0v) is 54.7. The van der Waals surface area contributed by atoms with Gasteiger partial charge in [-0.1, -0.05) is 282 Å². The van der Waals surface area contributed by atoms with Crippen molar-refractivity contribution in [2.24, 2.45) is 0 Å². The Hall–Kier alpha value is -2.03. The second-order valence-electron chi connectivity index (χ2n) is 24.7. The van der Waals surface area contributed by atoms with Crippen LogP contribution in [0.5, 0.6) is 0 Å². The van der Waals surface area contributed by atoms with E-state index in [0.29, 0.717) is 17.4 Å². The number of ether oxygens (including phenoxy) is 1. The van der Waals surface area contributed by atoms with Crippen molar-refractivity contribution in [3.8, 4) is 0 Å². The highest BCUT2D eigenvalue weighted by molar-refractivity contribution is 7.47. The monoisotopic (exact) mass is 1150 g/mol. The lowest BCUT2D eigenvalue weighted by Gasteiger charge is -2.27. The van der Waals surface area contributed by atoms with Crippen molar-refractivity contribution in [1.29, 1.82) is 0 Å². The standard InChI is InChI=1S/C70H133N2O7P/c1-7-10-13-16-19-22-25-28-30-32-34-35-36-37-39-40-42-44-47-50-53-56-59-62-69(73)71-67(66-78-80(75,76)77-65-64-72(4,5)6)68(61-58-55-52-49-46-27-24-21-18-15-12-9-3)79-70(74)63-60-57-54-51-48-45-43-41-38-33-31-29-26-23-20-17-14-11-8-2/h20,23,28-31,58,61,67-68H,7-19,21-22,24-27,32-57,59-60,62-66H2,1-6H3,(H-,71,73,75,76)/p+1/b23-20-,30-28+,31-29-,61-58-. The molecule has 0 aromatic rings. The lowest BCUT2D eigenvalue weighted by Crippen LogP contribution is -2.47. The van der Waals surface area contributed by atoms with Crippen molar-refractivity contribution in [2.75, 3.05) is 40.9 Å². The molecule has 0 aliphatic carbocycles. The third-order valence-corrected chi connectivity index (χ3v) is 16.5. The normalized spacial score (nSPS) is 13.8. The number of phosphoric acid groups is 1. The molecule has 0 spiro atoms. The van der Waals surface area contributed by atoms with E-state index < -0.39 is 20.0 Å². The Morgan fingerprint density at radius 3 is 1.16 bits per heavy atom. The summed E-state index contributed by atoms with van der Waals surface area (Å²) < 4.78 is 30.8. The third kappa shape index (κ3) is 60.6. The predicted octanol–water partition coefficient (Wildman–Crippen LogP) is 21.6. The molecule has 0 aliphatic rings. The number of quaternary nitrogens is 1. The maximum absolute atomic E-state index is 13.6. The maximum Gasteiger partial charge on any atom is 0.472 e. The number of carbonyl (C=O) groups excluding carboxylic acids is 2. The molecule has 1 amide bonds. The van der Waals surface area contributed by atoms with E-state index in [1.54, 1.807) is 0 Å². The molecule has 3 unspecified atom stereocenters. The van der Waals surface area contributed by atoms with Crippen LogP contribution in [0.25, 0.3) is 0 Å². The predicted molar refractivity (Wildman–Crippen MR) is 346 cm³/mol. The number of unbranched alkanes of at least 4 members (excludes halogenated alkanes) is 41. The molecule has 0 saturated carbocycles. The Balaban J connectivity index is 5.10. The van der Waals surface area contributed by atoms with E-state index in [1.165, 1.54) is 238 Å². The highest BCUT2D eigenvalue weighted by atomic mass is 31.2. The second-order valence-corrected chi connectivity index (χ2v) is 26.1. The summed E-state index contributed by atoms with van der Waals surface area (Å²) >= 11 is 0. The number of nitrogens with zero attached hydrogens (tertiary/aromatic N) is 1. The molecule has 0 fully saturated rings. The van der Waals surface area contributed by atoms with Crippen molar-refractivity contribution >= 4 is 19.7 Å². The Morgan fingerprint density at radius 1 is 0.438 bits per heavy atom. The fraction of sp³-hybridized carbons (Fsp3) is 0.857. The molecule has 0 radical (unpaired) electrons. The number of allylic oxidation sites excluding steroid dienone is 7. The second kappa shape index (κ2) is 60.1. The van der Waals surface area contributed by atoms with Gasteiger partial charge in [-0.2, -0.15) is 0 Å². The molecule has 0 aliphatic heterocycles. The number of esters is 1. The van der Waals surface area contributed by atoms with Crippen LogP contribution in [0.3, 0.4) is 0 Å². The SMILES string of the molecule is CCCCC/C=C\C/C=C\CCCCCCCCCCCC(=O)OC(/C=C\CCCCCCCCCCCC)C(COP(=O)(O)OCC[N+](C)(C)C)NC(=O)CCCCCCCCCCCCCCC/C=C/CCCCCCCC. The minimum Gasteiger partial charge on any atom is -0.456 e. The maximum atomic E-state index is 13.6. The summed E-state index contributed by atoms with van der Waals surface area (Å²) in [5.41, 5.74) is 0. The van der Waals surface area contributed by atoms with E-state index in [9.17, 15) is 19.0 Å². The van der Waals surface area contributed by atoms with Crippen LogP contribution >= 0.6 is 7.82 Å². The number of rotatable bonds is 63. The topological polar surface area (TPSA) is 111 Å². The van der Waals surface area contributed by atoms with Gasteiger partial charge in [0.1, 0.15) is 19.3 Å². The molecule has 2 N–H and O–H groups in total. The van der Waals surface area contributed by atoms with E-state index in [0.717, 1.165) is 64.2 Å². The quantitative estimate of drug-likeness (QED) is 0.0205. The van der Waals surface area contributed by atoms with Crippen LogP contribution in [0, 0.1) is 0 Å². The molecule has 0 aromatic carbocycles. The molecule has 470 valence electrons. The Labute approximate surface area is 497 Å². The average molecular weight is 1150 g/mol. The van der Waals surface area contributed by atoms with Gasteiger partial charge in [-0.3, -0.25) is 18.6 Å². The van der Waals surface area contributed by atoms with E-state index in [1.807, 2.05) is 33.3 Å². The first kappa shape index (κ1) is 78.0. The largest absolute Gasteiger partial charge is 0.472 e.